The summed E-state index contributed by atoms with van der Waals surface area (Å²) in [6, 6.07) is 27.9. The Labute approximate surface area is 198 Å². The van der Waals surface area contributed by atoms with Crippen molar-refractivity contribution in [3.05, 3.63) is 110 Å². The molecule has 7 heteroatoms. The van der Waals surface area contributed by atoms with Gasteiger partial charge in [0.15, 0.2) is 0 Å². The van der Waals surface area contributed by atoms with Crippen LogP contribution in [0.15, 0.2) is 110 Å². The zero-order valence-electron chi connectivity index (χ0n) is 18.6. The molecule has 0 N–H and O–H groups in total. The van der Waals surface area contributed by atoms with E-state index in [9.17, 15) is 0 Å². The average molecular weight is 444 g/mol. The number of benzene rings is 3. The molecule has 2 aromatic heterocycles. The highest BCUT2D eigenvalue weighted by atomic mass is 16.5. The molecule has 0 aliphatic carbocycles. The first-order valence-electron chi connectivity index (χ1n) is 11.1. The molecule has 0 bridgehead atoms. The van der Waals surface area contributed by atoms with E-state index in [1.165, 1.54) is 0 Å². The number of anilines is 1. The molecule has 0 spiro atoms. The largest absolute Gasteiger partial charge is 0.536 e. The van der Waals surface area contributed by atoms with Crippen LogP contribution in [0.1, 0.15) is 0 Å². The highest BCUT2D eigenvalue weighted by Gasteiger charge is 2.35. The monoisotopic (exact) mass is 444 g/mol. The van der Waals surface area contributed by atoms with Crippen LogP contribution in [-0.4, -0.2) is 28.9 Å². The molecule has 6 rings (SSSR count). The van der Waals surface area contributed by atoms with Gasteiger partial charge in [-0.3, -0.25) is 4.98 Å². The second-order valence-electron chi connectivity index (χ2n) is 8.13. The fraction of sp³-hybridized carbons (Fsp3) is 0.0370. The summed E-state index contributed by atoms with van der Waals surface area (Å²) in [4.78, 5) is 6.21. The van der Waals surface area contributed by atoms with Crippen LogP contribution in [0.25, 0.3) is 16.8 Å². The zero-order chi connectivity index (χ0) is 22.9. The number of fused-ring (bicyclic) bond motifs is 1. The van der Waals surface area contributed by atoms with Crippen molar-refractivity contribution in [3.63, 3.8) is 0 Å². The molecular formula is C27H21BN4O2. The summed E-state index contributed by atoms with van der Waals surface area (Å²) in [5, 5.41) is 4.52. The van der Waals surface area contributed by atoms with Gasteiger partial charge in [0.1, 0.15) is 17.2 Å². The van der Waals surface area contributed by atoms with Crippen LogP contribution in [0.2, 0.25) is 0 Å². The Hall–Kier alpha value is -4.52. The maximum absolute atomic E-state index is 6.22. The smallest absolute Gasteiger partial charge is 0.519 e. The van der Waals surface area contributed by atoms with E-state index < -0.39 is 0 Å². The summed E-state index contributed by atoms with van der Waals surface area (Å²) in [7, 11) is 1.85. The van der Waals surface area contributed by atoms with Gasteiger partial charge in [0.05, 0.1) is 17.6 Å². The highest BCUT2D eigenvalue weighted by molar-refractivity contribution is 6.73. The number of ether oxygens (including phenoxy) is 1. The number of hydrogen-bond acceptors (Lipinski definition) is 5. The van der Waals surface area contributed by atoms with E-state index in [0.29, 0.717) is 0 Å². The second-order valence-corrected chi connectivity index (χ2v) is 8.13. The number of para-hydroxylation sites is 2. The minimum atomic E-state index is -0.192. The SMILES string of the molecule is CN1B(c2cccc(Oc3cccc(-n4cc(-c5ccncc5)cn4)c3)c2)Oc2ccccc21. The molecule has 0 atom stereocenters. The van der Waals surface area contributed by atoms with Crippen LogP contribution in [0.4, 0.5) is 5.69 Å². The Morgan fingerprint density at radius 3 is 2.47 bits per heavy atom. The van der Waals surface area contributed by atoms with E-state index in [1.807, 2.05) is 96.9 Å². The fourth-order valence-electron chi connectivity index (χ4n) is 4.18. The molecular weight excluding hydrogens is 423 g/mol. The Bertz CT molecular complexity index is 1450. The Morgan fingerprint density at radius 1 is 0.824 bits per heavy atom. The number of aromatic nitrogens is 3. The van der Waals surface area contributed by atoms with Crippen molar-refractivity contribution >= 4 is 18.2 Å². The van der Waals surface area contributed by atoms with Gasteiger partial charge in [0.25, 0.3) is 0 Å². The van der Waals surface area contributed by atoms with E-state index in [-0.39, 0.29) is 7.05 Å². The zero-order valence-corrected chi connectivity index (χ0v) is 18.6. The summed E-state index contributed by atoms with van der Waals surface area (Å²) in [5.41, 5.74) is 5.14. The highest BCUT2D eigenvalue weighted by Crippen LogP contribution is 2.34. The topological polar surface area (TPSA) is 52.4 Å². The van der Waals surface area contributed by atoms with E-state index >= 15 is 0 Å². The Morgan fingerprint density at radius 2 is 1.62 bits per heavy atom. The third kappa shape index (κ3) is 3.77. The van der Waals surface area contributed by atoms with Gasteiger partial charge in [0, 0.05) is 30.2 Å². The van der Waals surface area contributed by atoms with Crippen molar-refractivity contribution < 1.29 is 9.39 Å². The van der Waals surface area contributed by atoms with E-state index in [1.54, 1.807) is 12.4 Å². The minimum Gasteiger partial charge on any atom is -0.536 e. The number of pyridine rings is 1. The molecule has 0 saturated carbocycles. The lowest BCUT2D eigenvalue weighted by Crippen LogP contribution is -2.47. The molecule has 0 fully saturated rings. The maximum atomic E-state index is 6.22. The van der Waals surface area contributed by atoms with Gasteiger partial charge in [-0.15, -0.1) is 0 Å². The fourth-order valence-corrected chi connectivity index (χ4v) is 4.18. The van der Waals surface area contributed by atoms with Crippen molar-refractivity contribution in [1.29, 1.82) is 0 Å². The summed E-state index contributed by atoms with van der Waals surface area (Å²) in [6.45, 7) is 0. The maximum Gasteiger partial charge on any atom is 0.519 e. The standard InChI is InChI=1S/C27H21BN4O2/c1-31-26-10-2-3-11-27(26)34-28(31)22-6-4-8-24(16-22)33-25-9-5-7-23(17-25)32-19-21(18-30-32)20-12-14-29-15-13-20/h2-19H,1H3. The normalized spacial score (nSPS) is 12.4. The lowest BCUT2D eigenvalue weighted by Gasteiger charge is -2.17. The van der Waals surface area contributed by atoms with Crippen molar-refractivity contribution in [2.75, 3.05) is 11.9 Å². The quantitative estimate of drug-likeness (QED) is 0.359. The van der Waals surface area contributed by atoms with Gasteiger partial charge in [0.2, 0.25) is 0 Å². The third-order valence-electron chi connectivity index (χ3n) is 5.89. The molecule has 3 heterocycles. The van der Waals surface area contributed by atoms with Crippen LogP contribution in [-0.2, 0) is 0 Å². The first-order valence-corrected chi connectivity index (χ1v) is 11.1. The molecule has 0 amide bonds. The lowest BCUT2D eigenvalue weighted by atomic mass is 9.72. The van der Waals surface area contributed by atoms with Crippen molar-refractivity contribution in [3.8, 4) is 34.1 Å². The molecule has 6 nitrogen and oxygen atoms in total. The van der Waals surface area contributed by atoms with E-state index in [2.05, 4.69) is 27.0 Å². The van der Waals surface area contributed by atoms with Crippen LogP contribution in [0.3, 0.4) is 0 Å². The van der Waals surface area contributed by atoms with Gasteiger partial charge >= 0.3 is 7.05 Å². The van der Waals surface area contributed by atoms with Crippen LogP contribution >= 0.6 is 0 Å². The summed E-state index contributed by atoms with van der Waals surface area (Å²) in [6.07, 6.45) is 7.41. The first kappa shape index (κ1) is 20.1. The molecule has 3 aromatic carbocycles. The molecule has 0 radical (unpaired) electrons. The summed E-state index contributed by atoms with van der Waals surface area (Å²) < 4.78 is 14.2. The second kappa shape index (κ2) is 8.44. The van der Waals surface area contributed by atoms with E-state index in [4.69, 9.17) is 9.39 Å². The predicted molar refractivity (Wildman–Crippen MR) is 134 cm³/mol. The van der Waals surface area contributed by atoms with Crippen LogP contribution < -0.4 is 19.7 Å². The van der Waals surface area contributed by atoms with Crippen molar-refractivity contribution in [2.45, 2.75) is 0 Å². The molecule has 0 saturated heterocycles. The van der Waals surface area contributed by atoms with Gasteiger partial charge < -0.3 is 14.2 Å². The molecule has 164 valence electrons. The molecule has 34 heavy (non-hydrogen) atoms. The third-order valence-corrected chi connectivity index (χ3v) is 5.89. The van der Waals surface area contributed by atoms with Gasteiger partial charge in [-0.25, -0.2) is 4.68 Å². The average Bonchev–Trinajstić information content (AvgIpc) is 3.51. The summed E-state index contributed by atoms with van der Waals surface area (Å²) in [5.74, 6) is 2.37. The Kier molecular flexibility index (Phi) is 5.00. The van der Waals surface area contributed by atoms with Gasteiger partial charge in [-0.1, -0.05) is 30.3 Å². The molecule has 0 unspecified atom stereocenters. The predicted octanol–water partition coefficient (Wildman–Crippen LogP) is 4.95. The molecule has 1 aliphatic heterocycles. The number of hydrogen-bond donors (Lipinski definition) is 0. The Balaban J connectivity index is 1.23. The van der Waals surface area contributed by atoms with Crippen LogP contribution in [0, 0.1) is 0 Å². The van der Waals surface area contributed by atoms with Crippen molar-refractivity contribution in [1.82, 2.24) is 14.8 Å². The molecule has 1 aliphatic rings. The minimum absolute atomic E-state index is 0.192. The van der Waals surface area contributed by atoms with E-state index in [0.717, 1.165) is 45.2 Å². The van der Waals surface area contributed by atoms with Crippen molar-refractivity contribution in [2.24, 2.45) is 0 Å². The molecule has 5 aromatic rings. The lowest BCUT2D eigenvalue weighted by molar-refractivity contribution is 0.482. The first-order chi connectivity index (χ1) is 16.7. The summed E-state index contributed by atoms with van der Waals surface area (Å²) >= 11 is 0. The van der Waals surface area contributed by atoms with Gasteiger partial charge in [-0.2, -0.15) is 5.10 Å². The number of rotatable bonds is 5. The number of nitrogens with zero attached hydrogens (tertiary/aromatic N) is 4. The van der Waals surface area contributed by atoms with Crippen LogP contribution in [0.5, 0.6) is 17.2 Å². The van der Waals surface area contributed by atoms with Gasteiger partial charge in [-0.05, 0) is 66.6 Å².